The minimum absolute atomic E-state index is 0.0556. The van der Waals surface area contributed by atoms with E-state index in [2.05, 4.69) is 5.10 Å². The van der Waals surface area contributed by atoms with Gasteiger partial charge in [-0.05, 0) is 37.8 Å². The Morgan fingerprint density at radius 1 is 1.11 bits per heavy atom. The number of benzene rings is 1. The lowest BCUT2D eigenvalue weighted by Crippen LogP contribution is -2.17. The van der Waals surface area contributed by atoms with Crippen LogP contribution in [0.25, 0.3) is 5.69 Å². The zero-order valence-corrected chi connectivity index (χ0v) is 10.8. The van der Waals surface area contributed by atoms with E-state index < -0.39 is 0 Å². The predicted molar refractivity (Wildman–Crippen MR) is 72.7 cm³/mol. The van der Waals surface area contributed by atoms with E-state index in [1.54, 1.807) is 10.7 Å². The quantitative estimate of drug-likeness (QED) is 0.788. The van der Waals surface area contributed by atoms with Crippen molar-refractivity contribution in [2.75, 3.05) is 0 Å². The number of nitrogens with one attached hydrogen (secondary N) is 1. The number of halogens is 1. The Morgan fingerprint density at radius 3 is 2.72 bits per heavy atom. The van der Waals surface area contributed by atoms with Crippen molar-refractivity contribution in [3.05, 3.63) is 50.9 Å². The van der Waals surface area contributed by atoms with Gasteiger partial charge < -0.3 is 0 Å². The lowest BCUT2D eigenvalue weighted by molar-refractivity contribution is 0.690. The predicted octanol–water partition coefficient (Wildman–Crippen LogP) is 3.09. The van der Waals surface area contributed by atoms with Crippen LogP contribution in [-0.4, -0.2) is 9.78 Å². The molecular formula is C14H15ClN2O. The zero-order valence-electron chi connectivity index (χ0n) is 10.1. The number of aromatic amines is 1. The third-order valence-corrected chi connectivity index (χ3v) is 3.84. The molecule has 3 nitrogen and oxygen atoms in total. The first-order valence-corrected chi connectivity index (χ1v) is 6.73. The van der Waals surface area contributed by atoms with Crippen molar-refractivity contribution < 1.29 is 0 Å². The highest BCUT2D eigenvalue weighted by atomic mass is 35.5. The maximum Gasteiger partial charge on any atom is 0.274 e. The van der Waals surface area contributed by atoms with Crippen molar-refractivity contribution >= 4 is 11.6 Å². The fourth-order valence-electron chi connectivity index (χ4n) is 2.56. The minimum atomic E-state index is 0.0556. The van der Waals surface area contributed by atoms with Gasteiger partial charge in [0.25, 0.3) is 5.56 Å². The number of aryl methyl sites for hydroxylation is 1. The Hall–Kier alpha value is -1.48. The van der Waals surface area contributed by atoms with Crippen LogP contribution in [0.3, 0.4) is 0 Å². The molecule has 0 saturated carbocycles. The standard InChI is InChI=1S/C14H15ClN2O/c15-11-7-4-5-9-13(11)17-14(18)10-6-2-1-3-8-12(10)16-17/h4-5,7,9,16H,1-3,6,8H2. The Morgan fingerprint density at radius 2 is 1.89 bits per heavy atom. The van der Waals surface area contributed by atoms with E-state index in [9.17, 15) is 4.79 Å². The van der Waals surface area contributed by atoms with Gasteiger partial charge in [0, 0.05) is 11.3 Å². The van der Waals surface area contributed by atoms with Crippen LogP contribution in [0.15, 0.2) is 29.1 Å². The van der Waals surface area contributed by atoms with Crippen LogP contribution < -0.4 is 5.56 Å². The number of rotatable bonds is 1. The molecule has 94 valence electrons. The van der Waals surface area contributed by atoms with Gasteiger partial charge in [0.05, 0.1) is 10.7 Å². The number of H-pyrrole nitrogens is 1. The van der Waals surface area contributed by atoms with Crippen molar-refractivity contribution in [1.82, 2.24) is 9.78 Å². The fourth-order valence-corrected chi connectivity index (χ4v) is 2.79. The third kappa shape index (κ3) is 1.89. The molecule has 0 unspecified atom stereocenters. The van der Waals surface area contributed by atoms with E-state index in [1.807, 2.05) is 18.2 Å². The first-order chi connectivity index (χ1) is 8.77. The van der Waals surface area contributed by atoms with Gasteiger partial charge in [-0.3, -0.25) is 9.89 Å². The summed E-state index contributed by atoms with van der Waals surface area (Å²) in [6.45, 7) is 0. The molecule has 1 aromatic carbocycles. The van der Waals surface area contributed by atoms with Crippen LogP contribution in [0.4, 0.5) is 0 Å². The molecule has 0 radical (unpaired) electrons. The highest BCUT2D eigenvalue weighted by molar-refractivity contribution is 6.32. The molecule has 0 fully saturated rings. The van der Waals surface area contributed by atoms with Crippen LogP contribution in [0.2, 0.25) is 5.02 Å². The Kier molecular flexibility index (Phi) is 3.00. The van der Waals surface area contributed by atoms with Crippen molar-refractivity contribution in [3.8, 4) is 5.69 Å². The van der Waals surface area contributed by atoms with Gasteiger partial charge in [-0.2, -0.15) is 0 Å². The van der Waals surface area contributed by atoms with E-state index in [0.717, 1.165) is 42.6 Å². The lowest BCUT2D eigenvalue weighted by Gasteiger charge is -2.04. The Balaban J connectivity index is 2.15. The van der Waals surface area contributed by atoms with Crippen molar-refractivity contribution in [2.45, 2.75) is 32.1 Å². The lowest BCUT2D eigenvalue weighted by atomic mass is 10.1. The van der Waals surface area contributed by atoms with E-state index in [1.165, 1.54) is 6.42 Å². The maximum atomic E-state index is 12.4. The van der Waals surface area contributed by atoms with Gasteiger partial charge in [-0.1, -0.05) is 30.2 Å². The summed E-state index contributed by atoms with van der Waals surface area (Å²) in [5, 5.41) is 3.81. The monoisotopic (exact) mass is 262 g/mol. The van der Waals surface area contributed by atoms with Gasteiger partial charge in [-0.25, -0.2) is 4.68 Å². The molecule has 3 rings (SSSR count). The number of nitrogens with zero attached hydrogens (tertiary/aromatic N) is 1. The van der Waals surface area contributed by atoms with Gasteiger partial charge in [-0.15, -0.1) is 0 Å². The first kappa shape index (κ1) is 11.6. The van der Waals surface area contributed by atoms with Crippen LogP contribution in [-0.2, 0) is 12.8 Å². The summed E-state index contributed by atoms with van der Waals surface area (Å²) in [5.74, 6) is 0. The average molecular weight is 263 g/mol. The summed E-state index contributed by atoms with van der Waals surface area (Å²) >= 11 is 6.15. The molecule has 1 aliphatic rings. The van der Waals surface area contributed by atoms with Crippen LogP contribution >= 0.6 is 11.6 Å². The third-order valence-electron chi connectivity index (χ3n) is 3.52. The van der Waals surface area contributed by atoms with Gasteiger partial charge in [0.1, 0.15) is 0 Å². The molecule has 2 aromatic rings. The van der Waals surface area contributed by atoms with Gasteiger partial charge in [0.2, 0.25) is 0 Å². The van der Waals surface area contributed by atoms with Crippen LogP contribution in [0.1, 0.15) is 30.5 Å². The maximum absolute atomic E-state index is 12.4. The van der Waals surface area contributed by atoms with Gasteiger partial charge >= 0.3 is 0 Å². The summed E-state index contributed by atoms with van der Waals surface area (Å²) in [4.78, 5) is 12.4. The smallest absolute Gasteiger partial charge is 0.274 e. The first-order valence-electron chi connectivity index (χ1n) is 6.35. The van der Waals surface area contributed by atoms with Crippen molar-refractivity contribution in [3.63, 3.8) is 0 Å². The molecule has 1 N–H and O–H groups in total. The minimum Gasteiger partial charge on any atom is -0.295 e. The number of hydrogen-bond donors (Lipinski definition) is 1. The molecule has 18 heavy (non-hydrogen) atoms. The molecule has 0 amide bonds. The summed E-state index contributed by atoms with van der Waals surface area (Å²) in [7, 11) is 0. The molecule has 0 spiro atoms. The van der Waals surface area contributed by atoms with Gasteiger partial charge in [0.15, 0.2) is 0 Å². The molecule has 0 bridgehead atoms. The molecular weight excluding hydrogens is 248 g/mol. The second kappa shape index (κ2) is 4.65. The van der Waals surface area contributed by atoms with E-state index in [0.29, 0.717) is 5.02 Å². The molecule has 0 saturated heterocycles. The van der Waals surface area contributed by atoms with Crippen LogP contribution in [0, 0.1) is 0 Å². The average Bonchev–Trinajstić information content (AvgIpc) is 2.56. The molecule has 4 heteroatoms. The number of fused-ring (bicyclic) bond motifs is 1. The second-order valence-corrected chi connectivity index (χ2v) is 5.13. The Labute approximate surface area is 110 Å². The highest BCUT2D eigenvalue weighted by Gasteiger charge is 2.17. The highest BCUT2D eigenvalue weighted by Crippen LogP contribution is 2.21. The van der Waals surface area contributed by atoms with E-state index in [4.69, 9.17) is 11.6 Å². The largest absolute Gasteiger partial charge is 0.295 e. The molecule has 1 aromatic heterocycles. The van der Waals surface area contributed by atoms with E-state index in [-0.39, 0.29) is 5.56 Å². The normalized spacial score (nSPS) is 15.2. The van der Waals surface area contributed by atoms with Crippen LogP contribution in [0.5, 0.6) is 0 Å². The molecule has 1 heterocycles. The molecule has 1 aliphatic carbocycles. The Bertz CT molecular complexity index is 627. The zero-order chi connectivity index (χ0) is 12.5. The number of aromatic nitrogens is 2. The van der Waals surface area contributed by atoms with Crippen molar-refractivity contribution in [2.24, 2.45) is 0 Å². The molecule has 0 aliphatic heterocycles. The topological polar surface area (TPSA) is 37.8 Å². The fraction of sp³-hybridized carbons (Fsp3) is 0.357. The summed E-state index contributed by atoms with van der Waals surface area (Å²) in [5.41, 5.74) is 2.81. The second-order valence-electron chi connectivity index (χ2n) is 4.72. The number of para-hydroxylation sites is 1. The van der Waals surface area contributed by atoms with Crippen molar-refractivity contribution in [1.29, 1.82) is 0 Å². The summed E-state index contributed by atoms with van der Waals surface area (Å²) in [6, 6.07) is 7.42. The number of hydrogen-bond acceptors (Lipinski definition) is 1. The van der Waals surface area contributed by atoms with E-state index >= 15 is 0 Å². The SMILES string of the molecule is O=c1c2c([nH]n1-c1ccccc1Cl)CCCCC2. The molecule has 0 atom stereocenters. The summed E-state index contributed by atoms with van der Waals surface area (Å²) in [6.07, 6.45) is 5.29. The summed E-state index contributed by atoms with van der Waals surface area (Å²) < 4.78 is 1.58.